The van der Waals surface area contributed by atoms with Crippen LogP contribution in [0.25, 0.3) is 0 Å². The summed E-state index contributed by atoms with van der Waals surface area (Å²) < 4.78 is 0. The van der Waals surface area contributed by atoms with Crippen LogP contribution in [0.5, 0.6) is 0 Å². The highest BCUT2D eigenvalue weighted by Gasteiger charge is 2.39. The van der Waals surface area contributed by atoms with Crippen LogP contribution in [0, 0.1) is 0 Å². The maximum atomic E-state index is 12.4. The number of rotatable bonds is 8. The van der Waals surface area contributed by atoms with Gasteiger partial charge in [0, 0.05) is 31.5 Å². The van der Waals surface area contributed by atoms with Crippen LogP contribution in [-0.2, 0) is 21.5 Å². The second-order valence-corrected chi connectivity index (χ2v) is 11.1. The molecule has 5 rings (SSSR count). The number of amides is 2. The van der Waals surface area contributed by atoms with Crippen molar-refractivity contribution >= 4 is 46.6 Å². The van der Waals surface area contributed by atoms with Crippen LogP contribution in [0.4, 0.5) is 23.1 Å². The van der Waals surface area contributed by atoms with Gasteiger partial charge in [0.15, 0.2) is 5.82 Å². The lowest BCUT2D eigenvalue weighted by atomic mass is 9.83. The summed E-state index contributed by atoms with van der Waals surface area (Å²) in [5.41, 5.74) is 4.36. The van der Waals surface area contributed by atoms with Crippen molar-refractivity contribution < 1.29 is 9.59 Å². The number of piperidine rings is 1. The number of nitrogens with zero attached hydrogens (tertiary/aromatic N) is 3. The molecule has 1 aromatic heterocycles. The first kappa shape index (κ1) is 26.9. The number of aromatic nitrogens is 2. The monoisotopic (exact) mass is 547 g/mol. The van der Waals surface area contributed by atoms with Crippen molar-refractivity contribution in [3.8, 4) is 0 Å². The normalized spacial score (nSPS) is 18.3. The summed E-state index contributed by atoms with van der Waals surface area (Å²) in [4.78, 5) is 35.4. The van der Waals surface area contributed by atoms with Crippen LogP contribution in [0.2, 0.25) is 5.02 Å². The number of carbonyl (C=O) groups excluding carboxylic acids is 2. The van der Waals surface area contributed by atoms with Crippen LogP contribution in [0.1, 0.15) is 49.3 Å². The molecule has 3 aromatic rings. The Morgan fingerprint density at radius 1 is 1.21 bits per heavy atom. The van der Waals surface area contributed by atoms with Crippen LogP contribution in [0.15, 0.2) is 48.7 Å². The Morgan fingerprint density at radius 2 is 2.00 bits per heavy atom. The van der Waals surface area contributed by atoms with Gasteiger partial charge in [0.2, 0.25) is 17.8 Å². The molecule has 2 amide bonds. The van der Waals surface area contributed by atoms with E-state index in [1.54, 1.807) is 13.2 Å². The van der Waals surface area contributed by atoms with Crippen LogP contribution in [-0.4, -0.2) is 53.4 Å². The lowest BCUT2D eigenvalue weighted by Crippen LogP contribution is -2.41. The zero-order valence-electron chi connectivity index (χ0n) is 22.5. The van der Waals surface area contributed by atoms with E-state index in [-0.39, 0.29) is 11.8 Å². The Hall–Kier alpha value is -3.69. The molecule has 1 fully saturated rings. The lowest BCUT2D eigenvalue weighted by Gasteiger charge is -2.32. The summed E-state index contributed by atoms with van der Waals surface area (Å²) in [6, 6.07) is 14.2. The number of hydrogen-bond donors (Lipinski definition) is 4. The van der Waals surface area contributed by atoms with E-state index in [9.17, 15) is 9.59 Å². The van der Waals surface area contributed by atoms with E-state index in [4.69, 9.17) is 11.6 Å². The van der Waals surface area contributed by atoms with Gasteiger partial charge in [-0.2, -0.15) is 4.98 Å². The van der Waals surface area contributed by atoms with Crippen molar-refractivity contribution in [1.29, 1.82) is 0 Å². The van der Waals surface area contributed by atoms with E-state index in [1.165, 1.54) is 5.56 Å². The molecule has 0 bridgehead atoms. The first-order valence-corrected chi connectivity index (χ1v) is 13.6. The van der Waals surface area contributed by atoms with Crippen LogP contribution >= 0.6 is 11.6 Å². The summed E-state index contributed by atoms with van der Waals surface area (Å²) >= 11 is 6.41. The van der Waals surface area contributed by atoms with E-state index in [0.717, 1.165) is 48.4 Å². The number of anilines is 4. The standard InChI is InChI=1S/C29H34ClN7O2/c1-29(2)25-19(6-4-8-23(25)35-27(29)39)14-32-26-22(30)15-33-28(36-26)34-21-11-9-18(10-12-21)20-7-5-13-37(16-20)17-24(38)31-3/h4,6,8-12,15,20H,5,7,13-14,16-17H2,1-3H3,(H,31,38)(H,35,39)(H2,32,33,34,36). The molecule has 4 N–H and O–H groups in total. The zero-order valence-corrected chi connectivity index (χ0v) is 23.2. The number of likely N-dealkylation sites (N-methyl/N-ethyl adjacent to an activating group) is 1. The maximum Gasteiger partial charge on any atom is 0.234 e. The minimum absolute atomic E-state index is 0.00719. The highest BCUT2D eigenvalue weighted by atomic mass is 35.5. The molecule has 2 aliphatic rings. The van der Waals surface area contributed by atoms with E-state index >= 15 is 0 Å². The summed E-state index contributed by atoms with van der Waals surface area (Å²) in [6.45, 7) is 6.59. The van der Waals surface area contributed by atoms with Crippen LogP contribution in [0.3, 0.4) is 0 Å². The second-order valence-electron chi connectivity index (χ2n) is 10.7. The molecular formula is C29H34ClN7O2. The molecular weight excluding hydrogens is 514 g/mol. The Morgan fingerprint density at radius 3 is 2.77 bits per heavy atom. The fraction of sp³-hybridized carbons (Fsp3) is 0.379. The molecule has 2 aliphatic heterocycles. The van der Waals surface area contributed by atoms with Gasteiger partial charge in [-0.05, 0) is 74.0 Å². The molecule has 39 heavy (non-hydrogen) atoms. The van der Waals surface area contributed by atoms with Crippen molar-refractivity contribution in [3.63, 3.8) is 0 Å². The number of nitrogens with one attached hydrogen (secondary N) is 4. The summed E-state index contributed by atoms with van der Waals surface area (Å²) in [5, 5.41) is 12.7. The third-order valence-electron chi connectivity index (χ3n) is 7.57. The van der Waals surface area contributed by atoms with Gasteiger partial charge in [0.25, 0.3) is 0 Å². The lowest BCUT2D eigenvalue weighted by molar-refractivity contribution is -0.122. The minimum atomic E-state index is -0.609. The quantitative estimate of drug-likeness (QED) is 0.325. The first-order valence-electron chi connectivity index (χ1n) is 13.2. The van der Waals surface area contributed by atoms with Gasteiger partial charge in [-0.3, -0.25) is 14.5 Å². The average molecular weight is 548 g/mol. The largest absolute Gasteiger partial charge is 0.365 e. The molecule has 204 valence electrons. The molecule has 0 aliphatic carbocycles. The molecule has 1 unspecified atom stereocenters. The highest BCUT2D eigenvalue weighted by Crippen LogP contribution is 2.40. The first-order chi connectivity index (χ1) is 18.7. The second kappa shape index (κ2) is 11.2. The maximum absolute atomic E-state index is 12.4. The van der Waals surface area contributed by atoms with Gasteiger partial charge in [0.1, 0.15) is 5.02 Å². The Bertz CT molecular complexity index is 1380. The van der Waals surface area contributed by atoms with Gasteiger partial charge in [-0.25, -0.2) is 4.98 Å². The molecule has 1 saturated heterocycles. The summed E-state index contributed by atoms with van der Waals surface area (Å²) in [7, 11) is 1.68. The molecule has 1 atom stereocenters. The van der Waals surface area contributed by atoms with E-state index in [1.807, 2.05) is 44.2 Å². The minimum Gasteiger partial charge on any atom is -0.365 e. The SMILES string of the molecule is CNC(=O)CN1CCCC(c2ccc(Nc3ncc(Cl)c(NCc4cccc5c4C(C)(C)C(=O)N5)n3)cc2)C1. The predicted octanol–water partition coefficient (Wildman–Crippen LogP) is 4.64. The fourth-order valence-corrected chi connectivity index (χ4v) is 5.59. The summed E-state index contributed by atoms with van der Waals surface area (Å²) in [6.07, 6.45) is 3.76. The third-order valence-corrected chi connectivity index (χ3v) is 7.85. The van der Waals surface area contributed by atoms with Crippen molar-refractivity contribution in [2.24, 2.45) is 0 Å². The smallest absolute Gasteiger partial charge is 0.234 e. The number of likely N-dealkylation sites (tertiary alicyclic amines) is 1. The number of benzene rings is 2. The molecule has 3 heterocycles. The zero-order chi connectivity index (χ0) is 27.6. The topological polar surface area (TPSA) is 111 Å². The number of hydrogen-bond acceptors (Lipinski definition) is 7. The van der Waals surface area contributed by atoms with Gasteiger partial charge in [-0.15, -0.1) is 0 Å². The van der Waals surface area contributed by atoms with E-state index in [0.29, 0.717) is 35.8 Å². The Labute approximate surface area is 233 Å². The molecule has 0 saturated carbocycles. The fourth-order valence-electron chi connectivity index (χ4n) is 5.43. The molecule has 0 radical (unpaired) electrons. The molecule has 9 nitrogen and oxygen atoms in total. The van der Waals surface area contributed by atoms with Crippen LogP contribution < -0.4 is 21.3 Å². The summed E-state index contributed by atoms with van der Waals surface area (Å²) in [5.74, 6) is 1.38. The third kappa shape index (κ3) is 5.84. The molecule has 10 heteroatoms. The predicted molar refractivity (Wildman–Crippen MR) is 155 cm³/mol. The van der Waals surface area contributed by atoms with E-state index < -0.39 is 5.41 Å². The Kier molecular flexibility index (Phi) is 7.72. The van der Waals surface area contributed by atoms with Crippen molar-refractivity contribution in [2.75, 3.05) is 42.6 Å². The van der Waals surface area contributed by atoms with E-state index in [2.05, 4.69) is 48.3 Å². The molecule has 0 spiro atoms. The van der Waals surface area contributed by atoms with Crippen molar-refractivity contribution in [1.82, 2.24) is 20.2 Å². The van der Waals surface area contributed by atoms with Gasteiger partial charge in [-0.1, -0.05) is 35.9 Å². The van der Waals surface area contributed by atoms with Crippen molar-refractivity contribution in [2.45, 2.75) is 44.6 Å². The van der Waals surface area contributed by atoms with Gasteiger partial charge < -0.3 is 21.3 Å². The van der Waals surface area contributed by atoms with Gasteiger partial charge in [0.05, 0.1) is 18.2 Å². The number of carbonyl (C=O) groups is 2. The molecule has 2 aromatic carbocycles. The highest BCUT2D eigenvalue weighted by molar-refractivity contribution is 6.32. The number of halogens is 1. The number of fused-ring (bicyclic) bond motifs is 1. The average Bonchev–Trinajstić information content (AvgIpc) is 3.17. The van der Waals surface area contributed by atoms with Crippen molar-refractivity contribution in [3.05, 3.63) is 70.4 Å². The Balaban J connectivity index is 1.24. The van der Waals surface area contributed by atoms with Gasteiger partial charge >= 0.3 is 0 Å².